The molecule has 96 valence electrons. The van der Waals surface area contributed by atoms with Gasteiger partial charge < -0.3 is 10.6 Å². The summed E-state index contributed by atoms with van der Waals surface area (Å²) in [5, 5.41) is 8.26. The molecule has 1 amide bonds. The zero-order chi connectivity index (χ0) is 12.5. The van der Waals surface area contributed by atoms with Crippen LogP contribution in [0, 0.1) is 0 Å². The van der Waals surface area contributed by atoms with Crippen LogP contribution in [-0.4, -0.2) is 25.0 Å². The van der Waals surface area contributed by atoms with Crippen molar-refractivity contribution in [1.29, 1.82) is 0 Å². The van der Waals surface area contributed by atoms with Crippen molar-refractivity contribution in [1.82, 2.24) is 10.6 Å². The Kier molecular flexibility index (Phi) is 6.89. The molecule has 0 atom stereocenters. The normalized spacial score (nSPS) is 10.8. The van der Waals surface area contributed by atoms with E-state index in [1.165, 1.54) is 4.88 Å². The molecule has 0 saturated carbocycles. The van der Waals surface area contributed by atoms with Crippen LogP contribution in [0.3, 0.4) is 0 Å². The number of nitrogens with one attached hydrogen (secondary N) is 2. The van der Waals surface area contributed by atoms with Crippen molar-refractivity contribution >= 4 is 17.2 Å². The maximum atomic E-state index is 11.6. The SMILES string of the molecule is CCC(CC)NC(=O)CNCCc1cccs1. The summed E-state index contributed by atoms with van der Waals surface area (Å²) >= 11 is 1.76. The lowest BCUT2D eigenvalue weighted by molar-refractivity contribution is -0.121. The molecule has 4 heteroatoms. The highest BCUT2D eigenvalue weighted by atomic mass is 32.1. The van der Waals surface area contributed by atoms with Crippen LogP contribution in [-0.2, 0) is 11.2 Å². The third-order valence-corrected chi connectivity index (χ3v) is 3.70. The summed E-state index contributed by atoms with van der Waals surface area (Å²) in [7, 11) is 0. The molecule has 0 aliphatic rings. The lowest BCUT2D eigenvalue weighted by Gasteiger charge is -2.14. The molecule has 1 aromatic rings. The molecule has 17 heavy (non-hydrogen) atoms. The van der Waals surface area contributed by atoms with Crippen LogP contribution >= 0.6 is 11.3 Å². The third-order valence-electron chi connectivity index (χ3n) is 2.76. The summed E-state index contributed by atoms with van der Waals surface area (Å²) in [4.78, 5) is 12.9. The molecule has 0 bridgehead atoms. The Balaban J connectivity index is 2.07. The quantitative estimate of drug-likeness (QED) is 0.698. The summed E-state index contributed by atoms with van der Waals surface area (Å²) in [6.45, 7) is 5.47. The largest absolute Gasteiger partial charge is 0.352 e. The summed E-state index contributed by atoms with van der Waals surface area (Å²) in [5.74, 6) is 0.102. The van der Waals surface area contributed by atoms with Crippen LogP contribution in [0.1, 0.15) is 31.6 Å². The Morgan fingerprint density at radius 3 is 2.76 bits per heavy atom. The zero-order valence-electron chi connectivity index (χ0n) is 10.7. The van der Waals surface area contributed by atoms with Gasteiger partial charge in [0.2, 0.25) is 5.91 Å². The summed E-state index contributed by atoms with van der Waals surface area (Å²) in [5.41, 5.74) is 0. The molecule has 0 unspecified atom stereocenters. The number of thiophene rings is 1. The molecular weight excluding hydrogens is 232 g/mol. The maximum Gasteiger partial charge on any atom is 0.234 e. The molecule has 2 N–H and O–H groups in total. The van der Waals surface area contributed by atoms with Crippen molar-refractivity contribution in [2.75, 3.05) is 13.1 Å². The fourth-order valence-corrected chi connectivity index (χ4v) is 2.35. The van der Waals surface area contributed by atoms with Gasteiger partial charge in [0.15, 0.2) is 0 Å². The van der Waals surface area contributed by atoms with Gasteiger partial charge in [0.05, 0.1) is 6.54 Å². The van der Waals surface area contributed by atoms with Crippen LogP contribution in [0.4, 0.5) is 0 Å². The van der Waals surface area contributed by atoms with Crippen molar-refractivity contribution < 1.29 is 4.79 Å². The van der Waals surface area contributed by atoms with Crippen molar-refractivity contribution in [3.05, 3.63) is 22.4 Å². The van der Waals surface area contributed by atoms with E-state index in [0.717, 1.165) is 25.8 Å². The zero-order valence-corrected chi connectivity index (χ0v) is 11.5. The molecule has 1 heterocycles. The minimum Gasteiger partial charge on any atom is -0.352 e. The second kappa shape index (κ2) is 8.25. The molecular formula is C13H22N2OS. The van der Waals surface area contributed by atoms with E-state index in [2.05, 4.69) is 42.0 Å². The van der Waals surface area contributed by atoms with Crippen LogP contribution in [0.15, 0.2) is 17.5 Å². The monoisotopic (exact) mass is 254 g/mol. The first kappa shape index (κ1) is 14.2. The number of hydrogen-bond donors (Lipinski definition) is 2. The van der Waals surface area contributed by atoms with E-state index in [-0.39, 0.29) is 5.91 Å². The van der Waals surface area contributed by atoms with Gasteiger partial charge in [-0.3, -0.25) is 4.79 Å². The second-order valence-electron chi connectivity index (χ2n) is 4.09. The van der Waals surface area contributed by atoms with Gasteiger partial charge in [0, 0.05) is 17.5 Å². The predicted octanol–water partition coefficient (Wildman–Crippen LogP) is 2.18. The molecule has 0 saturated heterocycles. The van der Waals surface area contributed by atoms with Crippen LogP contribution < -0.4 is 10.6 Å². The fourth-order valence-electron chi connectivity index (χ4n) is 1.64. The molecule has 0 radical (unpaired) electrons. The number of carbonyl (C=O) groups is 1. The van der Waals surface area contributed by atoms with E-state index < -0.39 is 0 Å². The van der Waals surface area contributed by atoms with E-state index in [9.17, 15) is 4.79 Å². The highest BCUT2D eigenvalue weighted by Gasteiger charge is 2.07. The van der Waals surface area contributed by atoms with E-state index in [1.54, 1.807) is 11.3 Å². The first-order valence-corrected chi connectivity index (χ1v) is 7.16. The first-order chi connectivity index (χ1) is 8.26. The minimum atomic E-state index is 0.102. The molecule has 0 spiro atoms. The van der Waals surface area contributed by atoms with E-state index >= 15 is 0 Å². The lowest BCUT2D eigenvalue weighted by atomic mass is 10.2. The molecule has 0 aromatic carbocycles. The molecule has 0 aliphatic carbocycles. The molecule has 3 nitrogen and oxygen atoms in total. The van der Waals surface area contributed by atoms with Gasteiger partial charge in [0.1, 0.15) is 0 Å². The van der Waals surface area contributed by atoms with Gasteiger partial charge in [-0.15, -0.1) is 11.3 Å². The number of carbonyl (C=O) groups excluding carboxylic acids is 1. The van der Waals surface area contributed by atoms with E-state index in [4.69, 9.17) is 0 Å². The van der Waals surface area contributed by atoms with E-state index in [1.807, 2.05) is 0 Å². The molecule has 1 rings (SSSR count). The predicted molar refractivity (Wildman–Crippen MR) is 73.4 cm³/mol. The van der Waals surface area contributed by atoms with Crippen LogP contribution in [0.5, 0.6) is 0 Å². The van der Waals surface area contributed by atoms with Gasteiger partial charge >= 0.3 is 0 Å². The summed E-state index contributed by atoms with van der Waals surface area (Å²) in [6, 6.07) is 4.50. The van der Waals surface area contributed by atoms with E-state index in [0.29, 0.717) is 12.6 Å². The number of rotatable bonds is 8. The summed E-state index contributed by atoms with van der Waals surface area (Å²) in [6.07, 6.45) is 2.99. The smallest absolute Gasteiger partial charge is 0.234 e. The van der Waals surface area contributed by atoms with Crippen LogP contribution in [0.25, 0.3) is 0 Å². The standard InChI is InChI=1S/C13H22N2OS/c1-3-11(4-2)15-13(16)10-14-8-7-12-6-5-9-17-12/h5-6,9,11,14H,3-4,7-8,10H2,1-2H3,(H,15,16). The Morgan fingerprint density at radius 1 is 1.41 bits per heavy atom. The average molecular weight is 254 g/mol. The molecule has 0 fully saturated rings. The van der Waals surface area contributed by atoms with Gasteiger partial charge in [-0.1, -0.05) is 19.9 Å². The number of hydrogen-bond acceptors (Lipinski definition) is 3. The van der Waals surface area contributed by atoms with Gasteiger partial charge in [-0.2, -0.15) is 0 Å². The highest BCUT2D eigenvalue weighted by molar-refractivity contribution is 7.09. The second-order valence-corrected chi connectivity index (χ2v) is 5.12. The molecule has 0 aliphatic heterocycles. The minimum absolute atomic E-state index is 0.102. The van der Waals surface area contributed by atoms with Gasteiger partial charge in [-0.05, 0) is 30.7 Å². The Hall–Kier alpha value is -0.870. The highest BCUT2D eigenvalue weighted by Crippen LogP contribution is 2.07. The number of amides is 1. The van der Waals surface area contributed by atoms with Crippen molar-refractivity contribution in [2.24, 2.45) is 0 Å². The Labute approximate surface area is 108 Å². The lowest BCUT2D eigenvalue weighted by Crippen LogP contribution is -2.40. The first-order valence-electron chi connectivity index (χ1n) is 6.28. The van der Waals surface area contributed by atoms with Crippen molar-refractivity contribution in [3.8, 4) is 0 Å². The Bertz CT molecular complexity index is 307. The topological polar surface area (TPSA) is 41.1 Å². The Morgan fingerprint density at radius 2 is 2.18 bits per heavy atom. The molecule has 1 aromatic heterocycles. The third kappa shape index (κ3) is 5.84. The van der Waals surface area contributed by atoms with Gasteiger partial charge in [-0.25, -0.2) is 0 Å². The van der Waals surface area contributed by atoms with Gasteiger partial charge in [0.25, 0.3) is 0 Å². The summed E-state index contributed by atoms with van der Waals surface area (Å²) < 4.78 is 0. The van der Waals surface area contributed by atoms with Crippen LogP contribution in [0.2, 0.25) is 0 Å². The fraction of sp³-hybridized carbons (Fsp3) is 0.615. The van der Waals surface area contributed by atoms with Crippen molar-refractivity contribution in [2.45, 2.75) is 39.2 Å². The maximum absolute atomic E-state index is 11.6. The average Bonchev–Trinajstić information content (AvgIpc) is 2.84. The van der Waals surface area contributed by atoms with Crippen molar-refractivity contribution in [3.63, 3.8) is 0 Å².